The smallest absolute Gasteiger partial charge is 0.328 e. The first-order valence-electron chi connectivity index (χ1n) is 17.9. The summed E-state index contributed by atoms with van der Waals surface area (Å²) >= 11 is 0. The number of nitrogens with one attached hydrogen (secondary N) is 2. The number of methoxy groups -OCH3 is 1. The van der Waals surface area contributed by atoms with Crippen molar-refractivity contribution in [3.63, 3.8) is 0 Å². The van der Waals surface area contributed by atoms with Crippen molar-refractivity contribution in [2.24, 2.45) is 0 Å². The lowest BCUT2D eigenvalue weighted by molar-refractivity contribution is -0.165. The van der Waals surface area contributed by atoms with Crippen LogP contribution in [0.25, 0.3) is 0 Å². The fourth-order valence-electron chi connectivity index (χ4n) is 4.63. The zero-order chi connectivity index (χ0) is 35.8. The average molecular weight is 699 g/mol. The molecule has 13 heteroatoms. The third-order valence-electron chi connectivity index (χ3n) is 7.31. The molecule has 0 fully saturated rings. The Labute approximate surface area is 293 Å². The number of ether oxygens (including phenoxy) is 8. The zero-order valence-corrected chi connectivity index (χ0v) is 30.4. The lowest BCUT2D eigenvalue weighted by atomic mass is 10.1. The maximum atomic E-state index is 12.3. The van der Waals surface area contributed by atoms with Crippen LogP contribution in [-0.4, -0.2) is 97.4 Å². The van der Waals surface area contributed by atoms with Gasteiger partial charge in [0.05, 0.1) is 52.3 Å². The van der Waals surface area contributed by atoms with Gasteiger partial charge in [0.15, 0.2) is 6.29 Å². The molecule has 0 aromatic heterocycles. The van der Waals surface area contributed by atoms with Gasteiger partial charge >= 0.3 is 17.9 Å². The van der Waals surface area contributed by atoms with Crippen LogP contribution < -0.4 is 20.1 Å². The first kappa shape index (κ1) is 43.9. The molecule has 1 aromatic carbocycles. The fraction of sp³-hybridized carbons (Fsp3) is 0.750. The summed E-state index contributed by atoms with van der Waals surface area (Å²) in [4.78, 5) is 35.2. The molecule has 1 rings (SSSR count). The van der Waals surface area contributed by atoms with Gasteiger partial charge in [-0.2, -0.15) is 0 Å². The Kier molecular flexibility index (Phi) is 27.7. The van der Waals surface area contributed by atoms with E-state index in [-0.39, 0.29) is 32.5 Å². The molecule has 0 amide bonds. The van der Waals surface area contributed by atoms with Crippen molar-refractivity contribution >= 4 is 23.6 Å². The van der Waals surface area contributed by atoms with Crippen LogP contribution in [0.1, 0.15) is 97.8 Å². The minimum Gasteiger partial charge on any atom is -0.494 e. The summed E-state index contributed by atoms with van der Waals surface area (Å²) in [5, 5.41) is 5.59. The van der Waals surface area contributed by atoms with Crippen LogP contribution in [0.2, 0.25) is 0 Å². The molecule has 0 heterocycles. The van der Waals surface area contributed by atoms with Gasteiger partial charge in [-0.1, -0.05) is 77.6 Å². The van der Waals surface area contributed by atoms with E-state index in [1.807, 2.05) is 19.9 Å². The molecule has 0 aliphatic rings. The quantitative estimate of drug-likeness (QED) is 0.0520. The van der Waals surface area contributed by atoms with Crippen LogP contribution in [0.4, 0.5) is 5.69 Å². The maximum absolute atomic E-state index is 12.3. The van der Waals surface area contributed by atoms with E-state index in [2.05, 4.69) is 22.3 Å². The van der Waals surface area contributed by atoms with E-state index in [0.29, 0.717) is 50.2 Å². The van der Waals surface area contributed by atoms with E-state index in [1.54, 1.807) is 12.1 Å². The van der Waals surface area contributed by atoms with Crippen LogP contribution in [0.3, 0.4) is 0 Å². The Morgan fingerprint density at radius 1 is 0.673 bits per heavy atom. The van der Waals surface area contributed by atoms with Gasteiger partial charge in [0.2, 0.25) is 6.79 Å². The fourth-order valence-corrected chi connectivity index (χ4v) is 4.63. The van der Waals surface area contributed by atoms with Crippen molar-refractivity contribution in [1.82, 2.24) is 5.32 Å². The van der Waals surface area contributed by atoms with Gasteiger partial charge in [-0.15, -0.1) is 0 Å². The Morgan fingerprint density at radius 3 is 1.94 bits per heavy atom. The number of carbonyl (C=O) groups is 3. The molecular formula is C36H62N2O11. The van der Waals surface area contributed by atoms with Crippen molar-refractivity contribution in [3.05, 3.63) is 18.2 Å². The Bertz CT molecular complexity index is 996. The highest BCUT2D eigenvalue weighted by Crippen LogP contribution is 2.29. The van der Waals surface area contributed by atoms with Crippen molar-refractivity contribution in [1.29, 1.82) is 0 Å². The number of anilines is 1. The predicted molar refractivity (Wildman–Crippen MR) is 187 cm³/mol. The van der Waals surface area contributed by atoms with Gasteiger partial charge in [-0.25, -0.2) is 0 Å². The molecule has 49 heavy (non-hydrogen) atoms. The van der Waals surface area contributed by atoms with Crippen molar-refractivity contribution < 1.29 is 52.3 Å². The molecule has 0 aliphatic carbocycles. The van der Waals surface area contributed by atoms with Crippen LogP contribution in [0.5, 0.6) is 11.5 Å². The molecule has 1 atom stereocenters. The lowest BCUT2D eigenvalue weighted by Gasteiger charge is -2.16. The summed E-state index contributed by atoms with van der Waals surface area (Å²) in [6.07, 6.45) is 15.0. The van der Waals surface area contributed by atoms with Crippen LogP contribution in [0.15, 0.2) is 18.2 Å². The molecule has 0 saturated carbocycles. The number of carbonyl (C=O) groups excluding carboxylic acids is 3. The Hall–Kier alpha value is -3.13. The summed E-state index contributed by atoms with van der Waals surface area (Å²) in [6.45, 7) is 7.45. The molecule has 2 N–H and O–H groups in total. The van der Waals surface area contributed by atoms with Gasteiger partial charge in [0.1, 0.15) is 24.7 Å². The lowest BCUT2D eigenvalue weighted by Crippen LogP contribution is -2.31. The zero-order valence-electron chi connectivity index (χ0n) is 30.4. The third-order valence-corrected chi connectivity index (χ3v) is 7.31. The van der Waals surface area contributed by atoms with Crippen LogP contribution in [-0.2, 0) is 42.8 Å². The van der Waals surface area contributed by atoms with Gasteiger partial charge < -0.3 is 43.2 Å². The summed E-state index contributed by atoms with van der Waals surface area (Å²) in [7, 11) is 1.24. The normalized spacial score (nSPS) is 11.5. The highest BCUT2D eigenvalue weighted by atomic mass is 16.7. The number of unbranched alkanes of at least 4 members (excludes halogenated alkanes) is 11. The SMILES string of the molecule is CCCCCCCCCCCCCCOc1ccc(OCCOCCOC(C)OCC)c(NCC(=O)OCOC(=O)CNCC(=O)OC)c1. The molecule has 282 valence electrons. The van der Waals surface area contributed by atoms with Gasteiger partial charge in [-0.3, -0.25) is 19.7 Å². The second kappa shape index (κ2) is 30.9. The number of esters is 3. The molecule has 0 bridgehead atoms. The molecule has 13 nitrogen and oxygen atoms in total. The van der Waals surface area contributed by atoms with E-state index in [9.17, 15) is 14.4 Å². The largest absolute Gasteiger partial charge is 0.494 e. The Morgan fingerprint density at radius 2 is 1.29 bits per heavy atom. The molecule has 0 spiro atoms. The standard InChI is InChI=1S/C36H62N2O11/c1-5-7-8-9-10-11-12-13-14-15-16-17-20-46-31-18-19-33(47-24-22-43-21-23-45-30(3)44-6-2)32(25-31)38-28-36(41)49-29-48-35(40)27-37-26-34(39)42-4/h18-19,25,30,37-38H,5-17,20-24,26-29H2,1-4H3. The van der Waals surface area contributed by atoms with Crippen molar-refractivity contribution in [2.45, 2.75) is 104 Å². The number of benzene rings is 1. The topological polar surface area (TPSA) is 149 Å². The summed E-state index contributed by atoms with van der Waals surface area (Å²) < 4.78 is 42.6. The summed E-state index contributed by atoms with van der Waals surface area (Å²) in [5.74, 6) is -0.683. The van der Waals surface area contributed by atoms with Crippen molar-refractivity contribution in [2.75, 3.05) is 78.5 Å². The van der Waals surface area contributed by atoms with Gasteiger partial charge in [0, 0.05) is 12.7 Å². The molecule has 0 saturated heterocycles. The average Bonchev–Trinajstić information content (AvgIpc) is 3.09. The minimum atomic E-state index is -0.684. The van der Waals surface area contributed by atoms with Crippen LogP contribution in [0, 0.1) is 0 Å². The number of hydrogen-bond donors (Lipinski definition) is 2. The summed E-state index contributed by atoms with van der Waals surface area (Å²) in [5.41, 5.74) is 0.544. The van der Waals surface area contributed by atoms with Gasteiger partial charge in [0.25, 0.3) is 0 Å². The first-order valence-corrected chi connectivity index (χ1v) is 17.9. The van der Waals surface area contributed by atoms with E-state index in [1.165, 1.54) is 71.3 Å². The molecular weight excluding hydrogens is 636 g/mol. The Balaban J connectivity index is 2.47. The van der Waals surface area contributed by atoms with E-state index >= 15 is 0 Å². The monoisotopic (exact) mass is 698 g/mol. The van der Waals surface area contributed by atoms with Gasteiger partial charge in [-0.05, 0) is 32.4 Å². The molecule has 0 aliphatic heterocycles. The van der Waals surface area contributed by atoms with E-state index in [0.717, 1.165) is 12.8 Å². The summed E-state index contributed by atoms with van der Waals surface area (Å²) in [6, 6.07) is 5.39. The van der Waals surface area contributed by atoms with E-state index < -0.39 is 24.7 Å². The number of rotatable bonds is 33. The van der Waals surface area contributed by atoms with Crippen LogP contribution >= 0.6 is 0 Å². The molecule has 0 radical (unpaired) electrons. The van der Waals surface area contributed by atoms with Crippen molar-refractivity contribution in [3.8, 4) is 11.5 Å². The minimum absolute atomic E-state index is 0.143. The second-order valence-electron chi connectivity index (χ2n) is 11.4. The number of hydrogen-bond acceptors (Lipinski definition) is 13. The highest BCUT2D eigenvalue weighted by Gasteiger charge is 2.11. The van der Waals surface area contributed by atoms with E-state index in [4.69, 9.17) is 33.2 Å². The molecule has 1 unspecified atom stereocenters. The predicted octanol–water partition coefficient (Wildman–Crippen LogP) is 5.78. The maximum Gasteiger partial charge on any atom is 0.328 e. The first-order chi connectivity index (χ1) is 23.9. The second-order valence-corrected chi connectivity index (χ2v) is 11.4. The molecule has 1 aromatic rings. The highest BCUT2D eigenvalue weighted by molar-refractivity contribution is 5.77. The third kappa shape index (κ3) is 25.5.